The summed E-state index contributed by atoms with van der Waals surface area (Å²) in [5.41, 5.74) is -0.514. The molecule has 116 valence electrons. The van der Waals surface area contributed by atoms with Crippen molar-refractivity contribution in [1.29, 1.82) is 0 Å². The highest BCUT2D eigenvalue weighted by molar-refractivity contribution is 9.10. The molecule has 1 saturated heterocycles. The lowest BCUT2D eigenvalue weighted by molar-refractivity contribution is 0.0295. The number of aromatic nitrogens is 1. The summed E-state index contributed by atoms with van der Waals surface area (Å²) in [5.74, 6) is 0. The maximum absolute atomic E-state index is 12.5. The van der Waals surface area contributed by atoms with Gasteiger partial charge in [-0.05, 0) is 55.3 Å². The van der Waals surface area contributed by atoms with E-state index in [-0.39, 0.29) is 11.3 Å². The quantitative estimate of drug-likeness (QED) is 0.746. The van der Waals surface area contributed by atoms with E-state index >= 15 is 0 Å². The number of pyridine rings is 1. The molecule has 0 N–H and O–H groups in total. The number of rotatable bonds is 2. The summed E-state index contributed by atoms with van der Waals surface area (Å²) in [6.45, 7) is 6.51. The molecule has 0 bridgehead atoms. The number of carbonyl (C=O) groups is 1. The fraction of sp³-hybridized carbons (Fsp3) is 0.571. The van der Waals surface area contributed by atoms with E-state index in [9.17, 15) is 9.00 Å². The third-order valence-electron chi connectivity index (χ3n) is 3.00. The van der Waals surface area contributed by atoms with Crippen LogP contribution in [0.15, 0.2) is 27.8 Å². The number of likely N-dealkylation sites (tertiary alicyclic amines) is 1. The summed E-state index contributed by atoms with van der Waals surface area (Å²) >= 11 is 3.28. The van der Waals surface area contributed by atoms with Crippen LogP contribution in [0.4, 0.5) is 4.79 Å². The van der Waals surface area contributed by atoms with Crippen molar-refractivity contribution in [2.24, 2.45) is 0 Å². The lowest BCUT2D eigenvalue weighted by atomic mass is 10.2. The summed E-state index contributed by atoms with van der Waals surface area (Å²) in [5, 5.41) is 0.444. The number of hydrogen-bond donors (Lipinski definition) is 0. The standard InChI is InChI=1S/C14H19BrN2O3S/c1-14(2,3)20-13(18)17-8-7-10(9-17)21(19)12-6-4-5-11(15)16-12/h4-6,10H,7-9H2,1-3H3/t10-,21?/m1/s1. The molecule has 5 nitrogen and oxygen atoms in total. The second kappa shape index (κ2) is 6.44. The Hall–Kier alpha value is -0.950. The van der Waals surface area contributed by atoms with E-state index in [1.807, 2.05) is 26.8 Å². The highest BCUT2D eigenvalue weighted by Gasteiger charge is 2.33. The van der Waals surface area contributed by atoms with Gasteiger partial charge < -0.3 is 9.64 Å². The van der Waals surface area contributed by atoms with Crippen molar-refractivity contribution in [2.75, 3.05) is 13.1 Å². The second-order valence-electron chi connectivity index (χ2n) is 5.93. The first-order valence-electron chi connectivity index (χ1n) is 6.77. The first-order chi connectivity index (χ1) is 9.76. The van der Waals surface area contributed by atoms with Crippen LogP contribution >= 0.6 is 15.9 Å². The fourth-order valence-corrected chi connectivity index (χ4v) is 3.91. The molecule has 0 radical (unpaired) electrons. The van der Waals surface area contributed by atoms with Gasteiger partial charge in [0.2, 0.25) is 0 Å². The van der Waals surface area contributed by atoms with E-state index in [1.165, 1.54) is 0 Å². The fourth-order valence-electron chi connectivity index (χ4n) is 2.07. The maximum atomic E-state index is 12.5. The van der Waals surface area contributed by atoms with Crippen LogP contribution in [0.3, 0.4) is 0 Å². The van der Waals surface area contributed by atoms with Gasteiger partial charge in [-0.25, -0.2) is 9.78 Å². The second-order valence-corrected chi connectivity index (χ2v) is 8.43. The third-order valence-corrected chi connectivity index (χ3v) is 5.07. The van der Waals surface area contributed by atoms with E-state index in [0.29, 0.717) is 29.1 Å². The minimum Gasteiger partial charge on any atom is -0.444 e. The zero-order valence-corrected chi connectivity index (χ0v) is 14.7. The smallest absolute Gasteiger partial charge is 0.410 e. The predicted molar refractivity (Wildman–Crippen MR) is 84.6 cm³/mol. The van der Waals surface area contributed by atoms with Gasteiger partial charge in [-0.15, -0.1) is 0 Å². The predicted octanol–water partition coefficient (Wildman–Crippen LogP) is 2.96. The van der Waals surface area contributed by atoms with Gasteiger partial charge in [0.25, 0.3) is 0 Å². The molecule has 0 saturated carbocycles. The van der Waals surface area contributed by atoms with E-state index in [0.717, 1.165) is 0 Å². The highest BCUT2D eigenvalue weighted by atomic mass is 79.9. The first kappa shape index (κ1) is 16.4. The average Bonchev–Trinajstić information content (AvgIpc) is 2.85. The Labute approximate surface area is 135 Å². The molecule has 1 unspecified atom stereocenters. The van der Waals surface area contributed by atoms with Crippen LogP contribution in [0.1, 0.15) is 27.2 Å². The topological polar surface area (TPSA) is 59.5 Å². The monoisotopic (exact) mass is 374 g/mol. The number of ether oxygens (including phenoxy) is 1. The van der Waals surface area contributed by atoms with Crippen LogP contribution in [0.25, 0.3) is 0 Å². The third kappa shape index (κ3) is 4.51. The van der Waals surface area contributed by atoms with Crippen LogP contribution < -0.4 is 0 Å². The zero-order valence-electron chi connectivity index (χ0n) is 12.3. The van der Waals surface area contributed by atoms with Crippen molar-refractivity contribution in [3.63, 3.8) is 0 Å². The minimum atomic E-state index is -1.22. The maximum Gasteiger partial charge on any atom is 0.410 e. The lowest BCUT2D eigenvalue weighted by Crippen LogP contribution is -2.36. The van der Waals surface area contributed by atoms with Gasteiger partial charge in [0.15, 0.2) is 0 Å². The van der Waals surface area contributed by atoms with Crippen molar-refractivity contribution < 1.29 is 13.7 Å². The number of nitrogens with zero attached hydrogens (tertiary/aromatic N) is 2. The molecule has 1 amide bonds. The van der Waals surface area contributed by atoms with Crippen molar-refractivity contribution >= 4 is 32.8 Å². The first-order valence-corrected chi connectivity index (χ1v) is 8.78. The van der Waals surface area contributed by atoms with E-state index < -0.39 is 16.4 Å². The molecule has 21 heavy (non-hydrogen) atoms. The van der Waals surface area contributed by atoms with Crippen LogP contribution in [0.2, 0.25) is 0 Å². The molecule has 7 heteroatoms. The Balaban J connectivity index is 1.99. The number of carbonyl (C=O) groups excluding carboxylic acids is 1. The van der Waals surface area contributed by atoms with Crippen molar-refractivity contribution in [2.45, 2.75) is 43.1 Å². The Bertz CT molecular complexity index is 559. The molecule has 1 aliphatic heterocycles. The minimum absolute atomic E-state index is 0.0979. The van der Waals surface area contributed by atoms with Gasteiger partial charge in [-0.2, -0.15) is 0 Å². The number of hydrogen-bond acceptors (Lipinski definition) is 4. The zero-order chi connectivity index (χ0) is 15.6. The molecule has 1 fully saturated rings. The van der Waals surface area contributed by atoms with Crippen molar-refractivity contribution in [3.05, 3.63) is 22.8 Å². The van der Waals surface area contributed by atoms with E-state index in [4.69, 9.17) is 4.74 Å². The van der Waals surface area contributed by atoms with Gasteiger partial charge in [-0.3, -0.25) is 4.21 Å². The van der Waals surface area contributed by atoms with Gasteiger partial charge in [0.05, 0.1) is 16.0 Å². The molecule has 2 atom stereocenters. The Morgan fingerprint density at radius 1 is 1.48 bits per heavy atom. The van der Waals surface area contributed by atoms with Crippen LogP contribution in [0.5, 0.6) is 0 Å². The van der Waals surface area contributed by atoms with E-state index in [2.05, 4.69) is 20.9 Å². The SMILES string of the molecule is CC(C)(C)OC(=O)N1CC[C@@H](S(=O)c2cccc(Br)n2)C1. The summed E-state index contributed by atoms with van der Waals surface area (Å²) < 4.78 is 18.5. The molecule has 2 heterocycles. The molecule has 2 rings (SSSR count). The van der Waals surface area contributed by atoms with Gasteiger partial charge >= 0.3 is 6.09 Å². The normalized spacial score (nSPS) is 20.4. The van der Waals surface area contributed by atoms with Crippen molar-refractivity contribution in [1.82, 2.24) is 9.88 Å². The number of halogens is 1. The van der Waals surface area contributed by atoms with Gasteiger partial charge in [-0.1, -0.05) is 6.07 Å². The molecule has 0 aliphatic carbocycles. The molecule has 0 aromatic carbocycles. The molecule has 1 aliphatic rings. The largest absolute Gasteiger partial charge is 0.444 e. The molecule has 0 spiro atoms. The van der Waals surface area contributed by atoms with Crippen LogP contribution in [-0.2, 0) is 15.5 Å². The average molecular weight is 375 g/mol. The summed E-state index contributed by atoms with van der Waals surface area (Å²) in [4.78, 5) is 17.8. The van der Waals surface area contributed by atoms with Crippen LogP contribution in [-0.4, -0.2) is 44.1 Å². The van der Waals surface area contributed by atoms with Gasteiger partial charge in [0, 0.05) is 13.1 Å². The van der Waals surface area contributed by atoms with Crippen molar-refractivity contribution in [3.8, 4) is 0 Å². The summed E-state index contributed by atoms with van der Waals surface area (Å²) in [6, 6.07) is 5.35. The molecular weight excluding hydrogens is 356 g/mol. The summed E-state index contributed by atoms with van der Waals surface area (Å²) in [7, 11) is -1.22. The Morgan fingerprint density at radius 3 is 2.81 bits per heavy atom. The molecule has 1 aromatic rings. The van der Waals surface area contributed by atoms with Crippen LogP contribution in [0, 0.1) is 0 Å². The highest BCUT2D eigenvalue weighted by Crippen LogP contribution is 2.22. The Morgan fingerprint density at radius 2 is 2.19 bits per heavy atom. The summed E-state index contributed by atoms with van der Waals surface area (Å²) in [6.07, 6.45) is 0.351. The molecular formula is C14H19BrN2O3S. The van der Waals surface area contributed by atoms with Gasteiger partial charge in [0.1, 0.15) is 15.2 Å². The molecule has 1 aromatic heterocycles. The lowest BCUT2D eigenvalue weighted by Gasteiger charge is -2.24. The Kier molecular flexibility index (Phi) is 5.03. The van der Waals surface area contributed by atoms with E-state index in [1.54, 1.807) is 17.0 Å². The number of amides is 1.